The second-order valence-electron chi connectivity index (χ2n) is 7.56. The SMILES string of the molecule is Cc1ccccc1CCNC(=O)C1(N)C2CCCOC2C1(C)C.Cl. The summed E-state index contributed by atoms with van der Waals surface area (Å²) in [5.41, 5.74) is 7.99. The molecular weight excluding hydrogens is 324 g/mol. The molecule has 0 radical (unpaired) electrons. The van der Waals surface area contributed by atoms with E-state index in [-0.39, 0.29) is 35.8 Å². The number of fused-ring (bicyclic) bond motifs is 1. The zero-order valence-electron chi connectivity index (χ0n) is 14.8. The molecule has 0 aromatic heterocycles. The van der Waals surface area contributed by atoms with Gasteiger partial charge in [0.25, 0.3) is 0 Å². The number of rotatable bonds is 4. The van der Waals surface area contributed by atoms with Crippen LogP contribution in [0.1, 0.15) is 37.8 Å². The van der Waals surface area contributed by atoms with Gasteiger partial charge in [-0.3, -0.25) is 4.79 Å². The van der Waals surface area contributed by atoms with E-state index < -0.39 is 5.54 Å². The quantitative estimate of drug-likeness (QED) is 0.875. The van der Waals surface area contributed by atoms with Crippen LogP contribution < -0.4 is 11.1 Å². The Labute approximate surface area is 150 Å². The molecule has 0 spiro atoms. The zero-order chi connectivity index (χ0) is 16.7. The Morgan fingerprint density at radius 2 is 2.08 bits per heavy atom. The van der Waals surface area contributed by atoms with Gasteiger partial charge in [-0.1, -0.05) is 38.1 Å². The minimum atomic E-state index is -0.816. The van der Waals surface area contributed by atoms with Crippen LogP contribution in [0.15, 0.2) is 24.3 Å². The molecule has 1 aliphatic heterocycles. The number of nitrogens with two attached hydrogens (primary N) is 1. The molecule has 1 aromatic carbocycles. The molecule has 2 fully saturated rings. The smallest absolute Gasteiger partial charge is 0.241 e. The van der Waals surface area contributed by atoms with Crippen LogP contribution in [-0.2, 0) is 16.0 Å². The number of benzene rings is 1. The largest absolute Gasteiger partial charge is 0.377 e. The van der Waals surface area contributed by atoms with E-state index in [4.69, 9.17) is 10.5 Å². The van der Waals surface area contributed by atoms with E-state index >= 15 is 0 Å². The fraction of sp³-hybridized carbons (Fsp3) is 0.632. The molecule has 1 saturated heterocycles. The van der Waals surface area contributed by atoms with Crippen LogP contribution in [-0.4, -0.2) is 30.7 Å². The Bertz CT molecular complexity index is 605. The summed E-state index contributed by atoms with van der Waals surface area (Å²) in [6, 6.07) is 8.28. The van der Waals surface area contributed by atoms with Crippen molar-refractivity contribution in [3.05, 3.63) is 35.4 Å². The average Bonchev–Trinajstić information content (AvgIpc) is 2.55. The fourth-order valence-electron chi connectivity index (χ4n) is 4.38. The summed E-state index contributed by atoms with van der Waals surface area (Å²) in [7, 11) is 0. The maximum atomic E-state index is 12.8. The normalized spacial score (nSPS) is 30.5. The lowest BCUT2D eigenvalue weighted by molar-refractivity contribution is -0.225. The van der Waals surface area contributed by atoms with E-state index in [2.05, 4.69) is 38.2 Å². The maximum absolute atomic E-state index is 12.8. The molecule has 1 heterocycles. The molecule has 1 aromatic rings. The van der Waals surface area contributed by atoms with Gasteiger partial charge in [-0.15, -0.1) is 12.4 Å². The number of halogens is 1. The number of aryl methyl sites for hydroxylation is 1. The van der Waals surface area contributed by atoms with Crippen LogP contribution in [0.4, 0.5) is 0 Å². The standard InChI is InChI=1S/C19H28N2O2.ClH/c1-13-7-4-5-8-14(13)10-11-21-17(22)19(20)15-9-6-12-23-16(15)18(19,2)3;/h4-5,7-8,15-16H,6,9-12,20H2,1-3H3,(H,21,22);1H. The van der Waals surface area contributed by atoms with Crippen molar-refractivity contribution in [3.8, 4) is 0 Å². The molecular formula is C19H29ClN2O2. The molecule has 24 heavy (non-hydrogen) atoms. The number of hydrogen-bond donors (Lipinski definition) is 2. The number of nitrogens with one attached hydrogen (secondary N) is 1. The van der Waals surface area contributed by atoms with Crippen molar-refractivity contribution in [2.75, 3.05) is 13.2 Å². The van der Waals surface area contributed by atoms with E-state index in [0.717, 1.165) is 25.9 Å². The van der Waals surface area contributed by atoms with Crippen LogP contribution in [0.2, 0.25) is 0 Å². The summed E-state index contributed by atoms with van der Waals surface area (Å²) < 4.78 is 5.87. The van der Waals surface area contributed by atoms with Crippen molar-refractivity contribution in [2.45, 2.75) is 51.7 Å². The number of carbonyl (C=O) groups is 1. The lowest BCUT2D eigenvalue weighted by atomic mass is 9.46. The molecule has 0 bridgehead atoms. The third kappa shape index (κ3) is 2.85. The summed E-state index contributed by atoms with van der Waals surface area (Å²) in [5.74, 6) is 0.118. The van der Waals surface area contributed by atoms with Gasteiger partial charge >= 0.3 is 0 Å². The van der Waals surface area contributed by atoms with Crippen molar-refractivity contribution < 1.29 is 9.53 Å². The molecule has 5 heteroatoms. The topological polar surface area (TPSA) is 64.4 Å². The minimum Gasteiger partial charge on any atom is -0.377 e. The van der Waals surface area contributed by atoms with E-state index in [1.165, 1.54) is 11.1 Å². The van der Waals surface area contributed by atoms with Gasteiger partial charge in [-0.05, 0) is 37.3 Å². The predicted octanol–water partition coefficient (Wildman–Crippen LogP) is 2.61. The Balaban J connectivity index is 0.00000208. The monoisotopic (exact) mass is 352 g/mol. The first-order valence-corrected chi connectivity index (χ1v) is 8.62. The van der Waals surface area contributed by atoms with Crippen LogP contribution in [0.5, 0.6) is 0 Å². The summed E-state index contributed by atoms with van der Waals surface area (Å²) in [4.78, 5) is 12.8. The van der Waals surface area contributed by atoms with Crippen LogP contribution in [0.3, 0.4) is 0 Å². The van der Waals surface area contributed by atoms with E-state index in [1.807, 2.05) is 12.1 Å². The van der Waals surface area contributed by atoms with Crippen LogP contribution in [0.25, 0.3) is 0 Å². The third-order valence-electron chi connectivity index (χ3n) is 6.00. The summed E-state index contributed by atoms with van der Waals surface area (Å²) in [5, 5.41) is 3.07. The Morgan fingerprint density at radius 1 is 1.38 bits per heavy atom. The molecule has 2 aliphatic rings. The summed E-state index contributed by atoms with van der Waals surface area (Å²) in [6.07, 6.45) is 2.92. The van der Waals surface area contributed by atoms with Gasteiger partial charge in [0.05, 0.1) is 6.10 Å². The molecule has 1 saturated carbocycles. The lowest BCUT2D eigenvalue weighted by Gasteiger charge is -2.65. The highest BCUT2D eigenvalue weighted by atomic mass is 35.5. The van der Waals surface area contributed by atoms with Crippen molar-refractivity contribution in [1.29, 1.82) is 0 Å². The van der Waals surface area contributed by atoms with Gasteiger partial charge in [0.2, 0.25) is 5.91 Å². The number of hydrogen-bond acceptors (Lipinski definition) is 3. The first-order chi connectivity index (χ1) is 10.9. The molecule has 134 valence electrons. The highest BCUT2D eigenvalue weighted by Crippen LogP contribution is 2.57. The summed E-state index contributed by atoms with van der Waals surface area (Å²) in [6.45, 7) is 7.62. The minimum absolute atomic E-state index is 0. The van der Waals surface area contributed by atoms with E-state index in [0.29, 0.717) is 6.54 Å². The van der Waals surface area contributed by atoms with Gasteiger partial charge in [-0.2, -0.15) is 0 Å². The fourth-order valence-corrected chi connectivity index (χ4v) is 4.38. The Kier molecular flexibility index (Phi) is 5.63. The van der Waals surface area contributed by atoms with Gasteiger partial charge in [0.1, 0.15) is 5.54 Å². The van der Waals surface area contributed by atoms with Gasteiger partial charge in [-0.25, -0.2) is 0 Å². The summed E-state index contributed by atoms with van der Waals surface area (Å²) >= 11 is 0. The Hall–Kier alpha value is -1.10. The van der Waals surface area contributed by atoms with Crippen molar-refractivity contribution >= 4 is 18.3 Å². The first kappa shape index (κ1) is 19.2. The van der Waals surface area contributed by atoms with Crippen molar-refractivity contribution in [1.82, 2.24) is 5.32 Å². The van der Waals surface area contributed by atoms with Crippen LogP contribution in [0, 0.1) is 18.3 Å². The highest BCUT2D eigenvalue weighted by Gasteiger charge is 2.70. The molecule has 3 rings (SSSR count). The number of carbonyl (C=O) groups excluding carboxylic acids is 1. The molecule has 1 aliphatic carbocycles. The number of amides is 1. The molecule has 3 N–H and O–H groups in total. The van der Waals surface area contributed by atoms with Gasteiger partial charge < -0.3 is 15.8 Å². The molecule has 3 unspecified atom stereocenters. The second-order valence-corrected chi connectivity index (χ2v) is 7.56. The van der Waals surface area contributed by atoms with E-state index in [9.17, 15) is 4.79 Å². The zero-order valence-corrected chi connectivity index (χ0v) is 15.6. The highest BCUT2D eigenvalue weighted by molar-refractivity contribution is 5.89. The van der Waals surface area contributed by atoms with Gasteiger partial charge in [0.15, 0.2) is 0 Å². The predicted molar refractivity (Wildman–Crippen MR) is 98.3 cm³/mol. The van der Waals surface area contributed by atoms with Gasteiger partial charge in [0, 0.05) is 24.5 Å². The molecule has 3 atom stereocenters. The average molecular weight is 353 g/mol. The number of ether oxygens (including phenoxy) is 1. The Morgan fingerprint density at radius 3 is 2.79 bits per heavy atom. The second kappa shape index (κ2) is 7.03. The lowest BCUT2D eigenvalue weighted by Crippen LogP contribution is -2.82. The van der Waals surface area contributed by atoms with Crippen molar-refractivity contribution in [2.24, 2.45) is 17.1 Å². The van der Waals surface area contributed by atoms with Crippen molar-refractivity contribution in [3.63, 3.8) is 0 Å². The van der Waals surface area contributed by atoms with E-state index in [1.54, 1.807) is 0 Å². The first-order valence-electron chi connectivity index (χ1n) is 8.62. The molecule has 1 amide bonds. The molecule has 4 nitrogen and oxygen atoms in total. The third-order valence-corrected chi connectivity index (χ3v) is 6.00. The maximum Gasteiger partial charge on any atom is 0.241 e. The van der Waals surface area contributed by atoms with Crippen LogP contribution >= 0.6 is 12.4 Å².